The minimum absolute atomic E-state index is 0.0414. The van der Waals surface area contributed by atoms with Gasteiger partial charge in [-0.1, -0.05) is 0 Å². The second-order valence-electron chi connectivity index (χ2n) is 4.34. The lowest BCUT2D eigenvalue weighted by molar-refractivity contribution is 0.0922. The third kappa shape index (κ3) is 3.54. The third-order valence-electron chi connectivity index (χ3n) is 2.80. The molecule has 1 aromatic heterocycles. The normalized spacial score (nSPS) is 14.7. The summed E-state index contributed by atoms with van der Waals surface area (Å²) in [6, 6.07) is 0.369. The number of aliphatic hydroxyl groups is 1. The molecule has 1 aliphatic carbocycles. The minimum Gasteiger partial charge on any atom is -0.394 e. The zero-order chi connectivity index (χ0) is 12.8. The van der Waals surface area contributed by atoms with Crippen LogP contribution in [-0.2, 0) is 4.74 Å². The first-order valence-corrected chi connectivity index (χ1v) is 6.32. The Balaban J connectivity index is 1.79. The fourth-order valence-electron chi connectivity index (χ4n) is 1.73. The monoisotopic (exact) mass is 253 g/mol. The Morgan fingerprint density at radius 3 is 3.06 bits per heavy atom. The molecule has 0 amide bonds. The van der Waals surface area contributed by atoms with Crippen molar-refractivity contribution in [2.24, 2.45) is 0 Å². The van der Waals surface area contributed by atoms with Crippen molar-refractivity contribution in [2.45, 2.75) is 25.3 Å². The van der Waals surface area contributed by atoms with E-state index in [1.54, 1.807) is 17.0 Å². The summed E-state index contributed by atoms with van der Waals surface area (Å²) in [6.07, 6.45) is 6.34. The molecule has 0 bridgehead atoms. The number of hydrogen-bond acceptors (Lipinski definition) is 5. The van der Waals surface area contributed by atoms with Gasteiger partial charge in [0.25, 0.3) is 5.56 Å². The summed E-state index contributed by atoms with van der Waals surface area (Å²) in [7, 11) is 0. The van der Waals surface area contributed by atoms with Crippen LogP contribution in [0.25, 0.3) is 0 Å². The summed E-state index contributed by atoms with van der Waals surface area (Å²) in [4.78, 5) is 16.0. The predicted octanol–water partition coefficient (Wildman–Crippen LogP) is 0.389. The molecular weight excluding hydrogens is 234 g/mol. The lowest BCUT2D eigenvalue weighted by Gasteiger charge is -2.08. The number of aromatic nitrogens is 2. The number of aliphatic hydroxyl groups excluding tert-OH is 1. The van der Waals surface area contributed by atoms with Gasteiger partial charge in [-0.2, -0.15) is 0 Å². The summed E-state index contributed by atoms with van der Waals surface area (Å²) >= 11 is 0. The molecule has 1 aliphatic rings. The van der Waals surface area contributed by atoms with Gasteiger partial charge in [-0.25, -0.2) is 4.98 Å². The first-order chi connectivity index (χ1) is 8.83. The highest BCUT2D eigenvalue weighted by Gasteiger charge is 2.25. The molecule has 6 nitrogen and oxygen atoms in total. The van der Waals surface area contributed by atoms with Gasteiger partial charge in [0.15, 0.2) is 5.82 Å². The average Bonchev–Trinajstić information content (AvgIpc) is 3.20. The second-order valence-corrected chi connectivity index (χ2v) is 4.34. The Hall–Kier alpha value is -1.40. The zero-order valence-corrected chi connectivity index (χ0v) is 10.3. The van der Waals surface area contributed by atoms with Crippen LogP contribution < -0.4 is 10.9 Å². The Bertz CT molecular complexity index is 429. The molecule has 6 heteroatoms. The third-order valence-corrected chi connectivity index (χ3v) is 2.80. The molecule has 0 unspecified atom stereocenters. The van der Waals surface area contributed by atoms with Crippen LogP contribution in [0.2, 0.25) is 0 Å². The highest BCUT2D eigenvalue weighted by atomic mass is 16.5. The molecule has 1 saturated carbocycles. The molecule has 0 saturated heterocycles. The molecule has 2 rings (SSSR count). The van der Waals surface area contributed by atoms with Gasteiger partial charge in [0.2, 0.25) is 0 Å². The van der Waals surface area contributed by atoms with E-state index in [1.807, 2.05) is 0 Å². The van der Waals surface area contributed by atoms with Gasteiger partial charge in [-0.3, -0.25) is 4.79 Å². The quantitative estimate of drug-likeness (QED) is 0.655. The first-order valence-electron chi connectivity index (χ1n) is 6.32. The van der Waals surface area contributed by atoms with Crippen molar-refractivity contribution in [2.75, 3.05) is 31.7 Å². The maximum Gasteiger partial charge on any atom is 0.293 e. The molecule has 0 aliphatic heterocycles. The van der Waals surface area contributed by atoms with Crippen molar-refractivity contribution < 1.29 is 9.84 Å². The van der Waals surface area contributed by atoms with Crippen LogP contribution in [0.5, 0.6) is 0 Å². The predicted molar refractivity (Wildman–Crippen MR) is 67.8 cm³/mol. The van der Waals surface area contributed by atoms with Crippen LogP contribution in [-0.4, -0.2) is 41.0 Å². The molecule has 0 radical (unpaired) electrons. The smallest absolute Gasteiger partial charge is 0.293 e. The van der Waals surface area contributed by atoms with E-state index in [0.29, 0.717) is 31.6 Å². The number of anilines is 1. The van der Waals surface area contributed by atoms with Gasteiger partial charge in [0, 0.05) is 31.6 Å². The molecule has 2 N–H and O–H groups in total. The van der Waals surface area contributed by atoms with Gasteiger partial charge < -0.3 is 19.7 Å². The summed E-state index contributed by atoms with van der Waals surface area (Å²) in [5.41, 5.74) is -0.0451. The Labute approximate surface area is 106 Å². The molecule has 100 valence electrons. The lowest BCUT2D eigenvalue weighted by Crippen LogP contribution is -2.24. The van der Waals surface area contributed by atoms with E-state index in [1.165, 1.54) is 0 Å². The van der Waals surface area contributed by atoms with Crippen LogP contribution >= 0.6 is 0 Å². The molecule has 1 fully saturated rings. The lowest BCUT2D eigenvalue weighted by atomic mass is 10.4. The van der Waals surface area contributed by atoms with E-state index in [0.717, 1.165) is 19.3 Å². The van der Waals surface area contributed by atoms with Gasteiger partial charge in [0.1, 0.15) is 0 Å². The summed E-state index contributed by atoms with van der Waals surface area (Å²) < 4.78 is 6.88. The molecule has 18 heavy (non-hydrogen) atoms. The van der Waals surface area contributed by atoms with Crippen LogP contribution in [0.4, 0.5) is 5.82 Å². The van der Waals surface area contributed by atoms with Gasteiger partial charge in [0.05, 0.1) is 13.2 Å². The Morgan fingerprint density at radius 2 is 2.33 bits per heavy atom. The highest BCUT2D eigenvalue weighted by Crippen LogP contribution is 2.33. The molecule has 1 heterocycles. The van der Waals surface area contributed by atoms with Gasteiger partial charge in [-0.05, 0) is 19.3 Å². The van der Waals surface area contributed by atoms with E-state index in [9.17, 15) is 4.79 Å². The topological polar surface area (TPSA) is 76.4 Å². The minimum atomic E-state index is -0.0451. The van der Waals surface area contributed by atoms with E-state index >= 15 is 0 Å². The van der Waals surface area contributed by atoms with Crippen molar-refractivity contribution in [3.63, 3.8) is 0 Å². The average molecular weight is 253 g/mol. The van der Waals surface area contributed by atoms with Crippen molar-refractivity contribution in [1.29, 1.82) is 0 Å². The number of hydrogen-bond donors (Lipinski definition) is 2. The van der Waals surface area contributed by atoms with Gasteiger partial charge >= 0.3 is 0 Å². The molecule has 1 aromatic rings. The fourth-order valence-corrected chi connectivity index (χ4v) is 1.73. The first kappa shape index (κ1) is 13.0. The fraction of sp³-hybridized carbons (Fsp3) is 0.667. The van der Waals surface area contributed by atoms with Crippen LogP contribution in [0.1, 0.15) is 25.3 Å². The SMILES string of the molecule is O=c1c(NCCCOCCO)nccn1C1CC1. The van der Waals surface area contributed by atoms with Crippen molar-refractivity contribution in [3.05, 3.63) is 22.7 Å². The Kier molecular flexibility index (Phi) is 4.72. The van der Waals surface area contributed by atoms with Crippen molar-refractivity contribution in [3.8, 4) is 0 Å². The summed E-state index contributed by atoms with van der Waals surface area (Å²) in [6.45, 7) is 1.61. The molecule has 0 aromatic carbocycles. The summed E-state index contributed by atoms with van der Waals surface area (Å²) in [5, 5.41) is 11.6. The maximum atomic E-state index is 12.0. The van der Waals surface area contributed by atoms with Crippen LogP contribution in [0, 0.1) is 0 Å². The van der Waals surface area contributed by atoms with Crippen LogP contribution in [0.15, 0.2) is 17.2 Å². The number of ether oxygens (including phenoxy) is 1. The van der Waals surface area contributed by atoms with E-state index in [4.69, 9.17) is 9.84 Å². The van der Waals surface area contributed by atoms with E-state index < -0.39 is 0 Å². The van der Waals surface area contributed by atoms with Crippen molar-refractivity contribution >= 4 is 5.82 Å². The van der Waals surface area contributed by atoms with Gasteiger partial charge in [-0.15, -0.1) is 0 Å². The number of nitrogens with zero attached hydrogens (tertiary/aromatic N) is 2. The van der Waals surface area contributed by atoms with Crippen LogP contribution in [0.3, 0.4) is 0 Å². The van der Waals surface area contributed by atoms with Crippen molar-refractivity contribution in [1.82, 2.24) is 9.55 Å². The summed E-state index contributed by atoms with van der Waals surface area (Å²) in [5.74, 6) is 0.409. The highest BCUT2D eigenvalue weighted by molar-refractivity contribution is 5.30. The maximum absolute atomic E-state index is 12.0. The molecule has 0 atom stereocenters. The zero-order valence-electron chi connectivity index (χ0n) is 10.3. The van der Waals surface area contributed by atoms with E-state index in [-0.39, 0.29) is 12.2 Å². The second kappa shape index (κ2) is 6.51. The molecular formula is C12H19N3O3. The standard InChI is InChI=1S/C12H19N3O3/c16-7-9-18-8-1-4-13-11-12(17)15(6-5-14-11)10-2-3-10/h5-6,10,16H,1-4,7-9H2,(H,13,14). The largest absolute Gasteiger partial charge is 0.394 e. The number of rotatable bonds is 8. The number of nitrogens with one attached hydrogen (secondary N) is 1. The molecule has 0 spiro atoms. The van der Waals surface area contributed by atoms with E-state index in [2.05, 4.69) is 10.3 Å². The Morgan fingerprint density at radius 1 is 1.50 bits per heavy atom.